The number of hydrogen-bond acceptors (Lipinski definition) is 6. The molecule has 3 aromatic rings. The highest BCUT2D eigenvalue weighted by atomic mass is 16.5. The van der Waals surface area contributed by atoms with Crippen molar-refractivity contribution in [1.82, 2.24) is 14.7 Å². The van der Waals surface area contributed by atoms with Crippen LogP contribution in [0.5, 0.6) is 0 Å². The van der Waals surface area contributed by atoms with E-state index >= 15 is 0 Å². The normalized spacial score (nSPS) is 10.4. The van der Waals surface area contributed by atoms with Gasteiger partial charge in [0.1, 0.15) is 0 Å². The molecule has 0 unspecified atom stereocenters. The van der Waals surface area contributed by atoms with E-state index in [4.69, 9.17) is 9.15 Å². The van der Waals surface area contributed by atoms with Crippen molar-refractivity contribution in [1.29, 1.82) is 0 Å². The lowest BCUT2D eigenvalue weighted by Crippen LogP contribution is -2.34. The number of anilines is 1. The van der Waals surface area contributed by atoms with Gasteiger partial charge in [-0.2, -0.15) is 5.10 Å². The maximum atomic E-state index is 12.3. The van der Waals surface area contributed by atoms with Crippen LogP contribution in [0, 0.1) is 0 Å². The number of esters is 1. The van der Waals surface area contributed by atoms with Crippen LogP contribution in [0.4, 0.5) is 5.69 Å². The second kappa shape index (κ2) is 8.87. The van der Waals surface area contributed by atoms with Gasteiger partial charge in [-0.3, -0.25) is 9.59 Å². The van der Waals surface area contributed by atoms with Gasteiger partial charge in [-0.25, -0.2) is 9.48 Å². The molecule has 29 heavy (non-hydrogen) atoms. The molecule has 2 heterocycles. The molecule has 9 heteroatoms. The Morgan fingerprint density at radius 1 is 1.21 bits per heavy atom. The molecular weight excluding hydrogens is 376 g/mol. The van der Waals surface area contributed by atoms with Crippen molar-refractivity contribution in [3.63, 3.8) is 0 Å². The Morgan fingerprint density at radius 2 is 2.03 bits per heavy atom. The van der Waals surface area contributed by atoms with Gasteiger partial charge < -0.3 is 19.4 Å². The zero-order valence-electron chi connectivity index (χ0n) is 16.0. The molecule has 0 aliphatic carbocycles. The Bertz CT molecular complexity index is 1010. The average Bonchev–Trinajstić information content (AvgIpc) is 3.40. The number of benzene rings is 1. The van der Waals surface area contributed by atoms with Crippen LogP contribution in [0.15, 0.2) is 59.3 Å². The lowest BCUT2D eigenvalue weighted by molar-refractivity contribution is -0.116. The molecule has 0 aliphatic rings. The first-order valence-electron chi connectivity index (χ1n) is 8.90. The fourth-order valence-corrected chi connectivity index (χ4v) is 2.58. The Balaban J connectivity index is 1.64. The van der Waals surface area contributed by atoms with Crippen LogP contribution in [0.1, 0.15) is 28.0 Å². The van der Waals surface area contributed by atoms with Gasteiger partial charge in [-0.05, 0) is 43.3 Å². The Labute approximate surface area is 166 Å². The summed E-state index contributed by atoms with van der Waals surface area (Å²) in [6, 6.07) is 11.6. The SMILES string of the molecule is CCOC(=O)c1ccn(-c2cccc(NC(=O)CN(C)C(=O)c3ccco3)c2)n1. The first-order chi connectivity index (χ1) is 14.0. The maximum Gasteiger partial charge on any atom is 0.358 e. The van der Waals surface area contributed by atoms with E-state index in [1.807, 2.05) is 0 Å². The molecule has 0 spiro atoms. The van der Waals surface area contributed by atoms with Crippen molar-refractivity contribution in [3.05, 3.63) is 66.4 Å². The van der Waals surface area contributed by atoms with Crippen molar-refractivity contribution < 1.29 is 23.5 Å². The van der Waals surface area contributed by atoms with Crippen LogP contribution in [-0.2, 0) is 9.53 Å². The van der Waals surface area contributed by atoms with Crippen molar-refractivity contribution in [3.8, 4) is 5.69 Å². The maximum absolute atomic E-state index is 12.3. The van der Waals surface area contributed by atoms with E-state index < -0.39 is 5.97 Å². The lowest BCUT2D eigenvalue weighted by Gasteiger charge is -2.15. The summed E-state index contributed by atoms with van der Waals surface area (Å²) < 4.78 is 11.5. The van der Waals surface area contributed by atoms with Crippen molar-refractivity contribution in [2.24, 2.45) is 0 Å². The number of likely N-dealkylation sites (N-methyl/N-ethyl adjacent to an activating group) is 1. The molecule has 0 saturated heterocycles. The summed E-state index contributed by atoms with van der Waals surface area (Å²) in [7, 11) is 1.52. The van der Waals surface area contributed by atoms with Gasteiger partial charge in [0.25, 0.3) is 5.91 Å². The van der Waals surface area contributed by atoms with Crippen molar-refractivity contribution in [2.75, 3.05) is 25.5 Å². The number of furan rings is 1. The highest BCUT2D eigenvalue weighted by molar-refractivity contribution is 5.98. The molecule has 0 atom stereocenters. The predicted molar refractivity (Wildman–Crippen MR) is 104 cm³/mol. The average molecular weight is 396 g/mol. The smallest absolute Gasteiger partial charge is 0.358 e. The molecule has 1 aromatic carbocycles. The van der Waals surface area contributed by atoms with E-state index in [-0.39, 0.29) is 36.4 Å². The number of nitrogens with one attached hydrogen (secondary N) is 1. The zero-order chi connectivity index (χ0) is 20.8. The zero-order valence-corrected chi connectivity index (χ0v) is 16.0. The fourth-order valence-electron chi connectivity index (χ4n) is 2.58. The Kier molecular flexibility index (Phi) is 6.08. The summed E-state index contributed by atoms with van der Waals surface area (Å²) in [5.74, 6) is -1.09. The number of aromatic nitrogens is 2. The Morgan fingerprint density at radius 3 is 2.76 bits per heavy atom. The monoisotopic (exact) mass is 396 g/mol. The minimum atomic E-state index is -0.500. The van der Waals surface area contributed by atoms with Gasteiger partial charge in [0.05, 0.1) is 25.1 Å². The summed E-state index contributed by atoms with van der Waals surface area (Å²) in [4.78, 5) is 37.4. The van der Waals surface area contributed by atoms with E-state index in [1.165, 1.54) is 29.0 Å². The van der Waals surface area contributed by atoms with Crippen LogP contribution in [-0.4, -0.2) is 52.7 Å². The quantitative estimate of drug-likeness (QED) is 0.615. The molecular formula is C20H20N4O5. The summed E-state index contributed by atoms with van der Waals surface area (Å²) in [5, 5.41) is 6.92. The van der Waals surface area contributed by atoms with Crippen molar-refractivity contribution >= 4 is 23.5 Å². The van der Waals surface area contributed by atoms with Crippen LogP contribution >= 0.6 is 0 Å². The first-order valence-corrected chi connectivity index (χ1v) is 8.90. The molecule has 2 aromatic heterocycles. The van der Waals surface area contributed by atoms with E-state index in [0.29, 0.717) is 11.4 Å². The van der Waals surface area contributed by atoms with Crippen LogP contribution in [0.25, 0.3) is 5.69 Å². The van der Waals surface area contributed by atoms with Gasteiger partial charge in [0.15, 0.2) is 11.5 Å². The van der Waals surface area contributed by atoms with E-state index in [9.17, 15) is 14.4 Å². The van der Waals surface area contributed by atoms with E-state index in [1.54, 1.807) is 49.5 Å². The standard InChI is InChI=1S/C20H20N4O5/c1-3-28-20(27)16-9-10-24(22-16)15-7-4-6-14(12-15)21-18(25)13-23(2)19(26)17-8-5-11-29-17/h4-12H,3,13H2,1-2H3,(H,21,25). The second-order valence-corrected chi connectivity index (χ2v) is 6.10. The molecule has 0 aliphatic heterocycles. The molecule has 1 N–H and O–H groups in total. The molecule has 3 rings (SSSR count). The van der Waals surface area contributed by atoms with Gasteiger partial charge >= 0.3 is 5.97 Å². The number of ether oxygens (including phenoxy) is 1. The van der Waals surface area contributed by atoms with Crippen molar-refractivity contribution in [2.45, 2.75) is 6.92 Å². The number of hydrogen-bond donors (Lipinski definition) is 1. The lowest BCUT2D eigenvalue weighted by atomic mass is 10.2. The highest BCUT2D eigenvalue weighted by Gasteiger charge is 2.17. The number of carbonyl (C=O) groups excluding carboxylic acids is 3. The topological polar surface area (TPSA) is 107 Å². The molecule has 2 amide bonds. The minimum Gasteiger partial charge on any atom is -0.461 e. The van der Waals surface area contributed by atoms with E-state index in [0.717, 1.165) is 0 Å². The predicted octanol–water partition coefficient (Wildman–Crippen LogP) is 2.35. The molecule has 0 fully saturated rings. The third kappa shape index (κ3) is 4.89. The largest absolute Gasteiger partial charge is 0.461 e. The highest BCUT2D eigenvalue weighted by Crippen LogP contribution is 2.15. The third-order valence-electron chi connectivity index (χ3n) is 3.93. The van der Waals surface area contributed by atoms with E-state index in [2.05, 4.69) is 10.4 Å². The minimum absolute atomic E-state index is 0.140. The molecule has 0 saturated carbocycles. The number of carbonyl (C=O) groups is 3. The van der Waals surface area contributed by atoms with Gasteiger partial charge in [-0.1, -0.05) is 6.07 Å². The second-order valence-electron chi connectivity index (χ2n) is 6.10. The van der Waals surface area contributed by atoms with Crippen LogP contribution < -0.4 is 5.32 Å². The summed E-state index contributed by atoms with van der Waals surface area (Å²) in [6.07, 6.45) is 3.03. The van der Waals surface area contributed by atoms with Crippen LogP contribution in [0.2, 0.25) is 0 Å². The third-order valence-corrected chi connectivity index (χ3v) is 3.93. The summed E-state index contributed by atoms with van der Waals surface area (Å²) >= 11 is 0. The molecule has 9 nitrogen and oxygen atoms in total. The van der Waals surface area contributed by atoms with Gasteiger partial charge in [-0.15, -0.1) is 0 Å². The first kappa shape index (κ1) is 19.9. The summed E-state index contributed by atoms with van der Waals surface area (Å²) in [5.41, 5.74) is 1.37. The van der Waals surface area contributed by atoms with Gasteiger partial charge in [0.2, 0.25) is 5.91 Å². The summed E-state index contributed by atoms with van der Waals surface area (Å²) in [6.45, 7) is 1.85. The molecule has 150 valence electrons. The van der Waals surface area contributed by atoms with Crippen LogP contribution in [0.3, 0.4) is 0 Å². The van der Waals surface area contributed by atoms with Gasteiger partial charge in [0, 0.05) is 18.9 Å². The molecule has 0 bridgehead atoms. The molecule has 0 radical (unpaired) electrons. The number of rotatable bonds is 7. The fraction of sp³-hybridized carbons (Fsp3) is 0.200. The number of nitrogens with zero attached hydrogens (tertiary/aromatic N) is 3. The Hall–Kier alpha value is -3.88. The number of amides is 2.